The van der Waals surface area contributed by atoms with Gasteiger partial charge in [-0.25, -0.2) is 0 Å². The average molecular weight is 391 g/mol. The Morgan fingerprint density at radius 3 is 2.61 bits per heavy atom. The van der Waals surface area contributed by atoms with E-state index >= 15 is 0 Å². The second-order valence-electron chi connectivity index (χ2n) is 7.34. The van der Waals surface area contributed by atoms with E-state index in [1.54, 1.807) is 24.5 Å². The normalized spacial score (nSPS) is 25.8. The van der Waals surface area contributed by atoms with E-state index in [0.717, 1.165) is 25.7 Å². The Morgan fingerprint density at radius 1 is 1.14 bits per heavy atom. The van der Waals surface area contributed by atoms with Crippen LogP contribution in [0.25, 0.3) is 0 Å². The Morgan fingerprint density at radius 2 is 1.89 bits per heavy atom. The number of aliphatic hydroxyl groups is 1. The van der Waals surface area contributed by atoms with Crippen LogP contribution in [0, 0.1) is 5.92 Å². The van der Waals surface area contributed by atoms with Crippen LogP contribution in [-0.2, 0) is 14.3 Å². The first-order valence-corrected chi connectivity index (χ1v) is 10.00. The first-order valence-electron chi connectivity index (χ1n) is 10.00. The number of carbonyl (C=O) groups excluding carboxylic acids is 2. The van der Waals surface area contributed by atoms with Gasteiger partial charge in [0.25, 0.3) is 5.91 Å². The maximum absolute atomic E-state index is 12.3. The number of pyridine rings is 1. The van der Waals surface area contributed by atoms with E-state index in [9.17, 15) is 14.7 Å². The van der Waals surface area contributed by atoms with Gasteiger partial charge >= 0.3 is 0 Å². The van der Waals surface area contributed by atoms with Crippen molar-refractivity contribution in [3.63, 3.8) is 0 Å². The van der Waals surface area contributed by atoms with E-state index < -0.39 is 6.10 Å². The molecular weight excluding hydrogens is 362 g/mol. The monoisotopic (exact) mass is 391 g/mol. The summed E-state index contributed by atoms with van der Waals surface area (Å²) in [5.41, 5.74) is 0.532. The summed E-state index contributed by atoms with van der Waals surface area (Å²) in [4.78, 5) is 28.4. The molecule has 28 heavy (non-hydrogen) atoms. The number of ether oxygens (including phenoxy) is 2. The Hall–Kier alpha value is -2.03. The third-order valence-electron chi connectivity index (χ3n) is 5.41. The summed E-state index contributed by atoms with van der Waals surface area (Å²) in [5.74, 6) is -0.0732. The van der Waals surface area contributed by atoms with Gasteiger partial charge in [-0.2, -0.15) is 0 Å². The van der Waals surface area contributed by atoms with E-state index in [2.05, 4.69) is 15.6 Å². The van der Waals surface area contributed by atoms with Crippen molar-refractivity contribution in [2.24, 2.45) is 5.92 Å². The highest BCUT2D eigenvalue weighted by Crippen LogP contribution is 2.22. The molecule has 8 heteroatoms. The summed E-state index contributed by atoms with van der Waals surface area (Å²) < 4.78 is 11.2. The molecule has 1 aromatic heterocycles. The molecule has 0 bridgehead atoms. The number of hydrogen-bond donors (Lipinski definition) is 3. The molecule has 3 N–H and O–H groups in total. The van der Waals surface area contributed by atoms with Gasteiger partial charge in [-0.15, -0.1) is 0 Å². The minimum absolute atomic E-state index is 0.0405. The van der Waals surface area contributed by atoms with E-state index in [1.165, 1.54) is 0 Å². The molecule has 8 nitrogen and oxygen atoms in total. The molecule has 3 rings (SSSR count). The Labute approximate surface area is 165 Å². The predicted octanol–water partition coefficient (Wildman–Crippen LogP) is 0.653. The summed E-state index contributed by atoms with van der Waals surface area (Å²) >= 11 is 0. The highest BCUT2D eigenvalue weighted by Gasteiger charge is 2.32. The average Bonchev–Trinajstić information content (AvgIpc) is 2.75. The second kappa shape index (κ2) is 10.5. The maximum Gasteiger partial charge on any atom is 0.251 e. The van der Waals surface area contributed by atoms with Crippen LogP contribution in [-0.4, -0.2) is 66.5 Å². The summed E-state index contributed by atoms with van der Waals surface area (Å²) in [5, 5.41) is 15.6. The first kappa shape index (κ1) is 20.7. The number of rotatable bonds is 7. The standard InChI is InChI=1S/C20H29N3O5/c24-13-18-17(23-20(26)14-3-8-21-9-4-14)2-1-16(28-18)5-10-22-19(25)15-6-11-27-12-7-15/h3-4,8-9,15-18,24H,1-2,5-7,10-13H2,(H,22,25)(H,23,26)/t16-,17-,18+/m1/s1. The molecular formula is C20H29N3O5. The lowest BCUT2D eigenvalue weighted by Gasteiger charge is -2.36. The molecule has 0 unspecified atom stereocenters. The zero-order valence-electron chi connectivity index (χ0n) is 16.0. The van der Waals surface area contributed by atoms with Crippen LogP contribution in [0.4, 0.5) is 0 Å². The van der Waals surface area contributed by atoms with Gasteiger partial charge in [0, 0.05) is 43.6 Å². The van der Waals surface area contributed by atoms with Crippen molar-refractivity contribution < 1.29 is 24.2 Å². The number of nitrogens with one attached hydrogen (secondary N) is 2. The topological polar surface area (TPSA) is 110 Å². The minimum Gasteiger partial charge on any atom is -0.394 e. The van der Waals surface area contributed by atoms with E-state index in [1.807, 2.05) is 0 Å². The van der Waals surface area contributed by atoms with Crippen molar-refractivity contribution in [3.05, 3.63) is 30.1 Å². The molecule has 1 aromatic rings. The van der Waals surface area contributed by atoms with E-state index in [-0.39, 0.29) is 36.5 Å². The smallest absolute Gasteiger partial charge is 0.251 e. The largest absolute Gasteiger partial charge is 0.394 e. The Balaban J connectivity index is 1.41. The first-order chi connectivity index (χ1) is 13.7. The van der Waals surface area contributed by atoms with Gasteiger partial charge in [-0.1, -0.05) is 0 Å². The Bertz CT molecular complexity index is 636. The quantitative estimate of drug-likeness (QED) is 0.630. The fourth-order valence-electron chi connectivity index (χ4n) is 3.72. The van der Waals surface area contributed by atoms with Gasteiger partial charge in [0.2, 0.25) is 5.91 Å². The van der Waals surface area contributed by atoms with Crippen molar-refractivity contribution in [1.82, 2.24) is 15.6 Å². The lowest BCUT2D eigenvalue weighted by atomic mass is 9.96. The number of carbonyl (C=O) groups is 2. The molecule has 0 saturated carbocycles. The lowest BCUT2D eigenvalue weighted by molar-refractivity contribution is -0.128. The molecule has 0 aromatic carbocycles. The lowest BCUT2D eigenvalue weighted by Crippen LogP contribution is -2.51. The van der Waals surface area contributed by atoms with Gasteiger partial charge in [-0.05, 0) is 44.2 Å². The number of amides is 2. The highest BCUT2D eigenvalue weighted by molar-refractivity contribution is 5.94. The summed E-state index contributed by atoms with van der Waals surface area (Å²) in [6.45, 7) is 1.68. The third kappa shape index (κ3) is 5.73. The summed E-state index contributed by atoms with van der Waals surface area (Å²) in [6.07, 6.45) is 6.38. The van der Waals surface area contributed by atoms with Crippen LogP contribution in [0.15, 0.2) is 24.5 Å². The van der Waals surface area contributed by atoms with Crippen molar-refractivity contribution in [2.45, 2.75) is 50.4 Å². The molecule has 2 saturated heterocycles. The van der Waals surface area contributed by atoms with Gasteiger partial charge in [0.05, 0.1) is 18.8 Å². The van der Waals surface area contributed by atoms with E-state index in [4.69, 9.17) is 9.47 Å². The molecule has 0 spiro atoms. The molecule has 3 atom stereocenters. The van der Waals surface area contributed by atoms with E-state index in [0.29, 0.717) is 31.7 Å². The number of aromatic nitrogens is 1. The molecule has 154 valence electrons. The minimum atomic E-state index is -0.448. The number of hydrogen-bond acceptors (Lipinski definition) is 6. The molecule has 3 heterocycles. The molecule has 0 aliphatic carbocycles. The van der Waals surface area contributed by atoms with Gasteiger partial charge in [0.1, 0.15) is 6.10 Å². The van der Waals surface area contributed by atoms with Crippen LogP contribution < -0.4 is 10.6 Å². The van der Waals surface area contributed by atoms with Gasteiger partial charge < -0.3 is 25.2 Å². The van der Waals surface area contributed by atoms with Crippen LogP contribution in [0.5, 0.6) is 0 Å². The van der Waals surface area contributed by atoms with Gasteiger partial charge in [0.15, 0.2) is 0 Å². The summed E-state index contributed by atoms with van der Waals surface area (Å²) in [7, 11) is 0. The Kier molecular flexibility index (Phi) is 7.76. The van der Waals surface area contributed by atoms with Crippen LogP contribution in [0.1, 0.15) is 42.5 Å². The molecule has 2 aliphatic rings. The summed E-state index contributed by atoms with van der Waals surface area (Å²) in [6, 6.07) is 3.06. The maximum atomic E-state index is 12.3. The van der Waals surface area contributed by atoms with Crippen LogP contribution in [0.3, 0.4) is 0 Å². The van der Waals surface area contributed by atoms with Crippen molar-refractivity contribution in [2.75, 3.05) is 26.4 Å². The number of nitrogens with zero attached hydrogens (tertiary/aromatic N) is 1. The number of aliphatic hydroxyl groups excluding tert-OH is 1. The molecule has 0 radical (unpaired) electrons. The fraction of sp³-hybridized carbons (Fsp3) is 0.650. The van der Waals surface area contributed by atoms with Crippen LogP contribution >= 0.6 is 0 Å². The van der Waals surface area contributed by atoms with Crippen molar-refractivity contribution in [1.29, 1.82) is 0 Å². The van der Waals surface area contributed by atoms with Crippen LogP contribution in [0.2, 0.25) is 0 Å². The zero-order chi connectivity index (χ0) is 19.8. The molecule has 2 amide bonds. The molecule has 2 fully saturated rings. The SMILES string of the molecule is O=C(N[C@@H]1CC[C@H](CCNC(=O)C2CCOCC2)O[C@H]1CO)c1ccncc1. The molecule has 2 aliphatic heterocycles. The predicted molar refractivity (Wildman–Crippen MR) is 102 cm³/mol. The van der Waals surface area contributed by atoms with Gasteiger partial charge in [-0.3, -0.25) is 14.6 Å². The third-order valence-corrected chi connectivity index (χ3v) is 5.41. The zero-order valence-corrected chi connectivity index (χ0v) is 16.0. The highest BCUT2D eigenvalue weighted by atomic mass is 16.5. The second-order valence-corrected chi connectivity index (χ2v) is 7.34. The fourth-order valence-corrected chi connectivity index (χ4v) is 3.72. The van der Waals surface area contributed by atoms with Crippen molar-refractivity contribution in [3.8, 4) is 0 Å². The van der Waals surface area contributed by atoms with Crippen molar-refractivity contribution >= 4 is 11.8 Å².